The van der Waals surface area contributed by atoms with Crippen LogP contribution in [0, 0.1) is 6.92 Å². The number of aromatic nitrogens is 1. The number of aryl methyl sites for hydroxylation is 1. The molecule has 0 saturated heterocycles. The summed E-state index contributed by atoms with van der Waals surface area (Å²) in [7, 11) is 0.361. The summed E-state index contributed by atoms with van der Waals surface area (Å²) in [5.74, 6) is -0.366. The Balaban J connectivity index is 2.40. The minimum atomic E-state index is -3.78. The van der Waals surface area contributed by atoms with Gasteiger partial charge in [0.2, 0.25) is 10.0 Å². The molecule has 9 heteroatoms. The number of methoxy groups -OCH3 is 1. The first kappa shape index (κ1) is 18.7. The maximum absolute atomic E-state index is 12.4. The summed E-state index contributed by atoms with van der Waals surface area (Å²) < 4.78 is 30.9. The molecule has 0 unspecified atom stereocenters. The number of pyridine rings is 1. The van der Waals surface area contributed by atoms with E-state index >= 15 is 0 Å². The Kier molecular flexibility index (Phi) is 5.29. The molecule has 1 aromatic heterocycles. The van der Waals surface area contributed by atoms with Crippen molar-refractivity contribution in [3.63, 3.8) is 0 Å². The van der Waals surface area contributed by atoms with Gasteiger partial charge in [0.05, 0.1) is 12.8 Å². The van der Waals surface area contributed by atoms with Crippen molar-refractivity contribution in [3.05, 3.63) is 51.9 Å². The Morgan fingerprint density at radius 2 is 1.92 bits per heavy atom. The Morgan fingerprint density at radius 3 is 2.48 bits per heavy atom. The highest BCUT2D eigenvalue weighted by molar-refractivity contribution is 7.89. The zero-order valence-electron chi connectivity index (χ0n) is 14.3. The smallest absolute Gasteiger partial charge is 0.255 e. The van der Waals surface area contributed by atoms with Crippen molar-refractivity contribution < 1.29 is 17.9 Å². The predicted molar refractivity (Wildman–Crippen MR) is 93.6 cm³/mol. The Labute approximate surface area is 145 Å². The summed E-state index contributed by atoms with van der Waals surface area (Å²) in [6.07, 6.45) is 1.37. The van der Waals surface area contributed by atoms with Crippen LogP contribution in [0.5, 0.6) is 5.75 Å². The number of hydrogen-bond donors (Lipinski definition) is 2. The van der Waals surface area contributed by atoms with Crippen molar-refractivity contribution >= 4 is 21.6 Å². The average molecular weight is 365 g/mol. The van der Waals surface area contributed by atoms with E-state index in [1.165, 1.54) is 51.7 Å². The quantitative estimate of drug-likeness (QED) is 0.827. The number of anilines is 1. The molecule has 1 heterocycles. The molecule has 0 saturated carbocycles. The van der Waals surface area contributed by atoms with Gasteiger partial charge in [0.15, 0.2) is 0 Å². The Morgan fingerprint density at radius 1 is 1.24 bits per heavy atom. The van der Waals surface area contributed by atoms with Gasteiger partial charge in [-0.25, -0.2) is 12.7 Å². The summed E-state index contributed by atoms with van der Waals surface area (Å²) in [4.78, 5) is 26.2. The number of carbonyl (C=O) groups excluding carboxylic acids is 1. The van der Waals surface area contributed by atoms with Crippen LogP contribution in [0.15, 0.2) is 40.2 Å². The maximum Gasteiger partial charge on any atom is 0.255 e. The Bertz CT molecular complexity index is 964. The molecule has 0 spiro atoms. The number of aromatic amines is 1. The number of rotatable bonds is 5. The van der Waals surface area contributed by atoms with Crippen LogP contribution in [0.2, 0.25) is 0 Å². The van der Waals surface area contributed by atoms with E-state index in [1.807, 2.05) is 0 Å². The second kappa shape index (κ2) is 7.08. The molecule has 2 N–H and O–H groups in total. The number of nitrogens with one attached hydrogen (secondary N) is 2. The second-order valence-electron chi connectivity index (χ2n) is 5.51. The number of hydrogen-bond acceptors (Lipinski definition) is 5. The molecule has 0 fully saturated rings. The molecule has 2 rings (SSSR count). The standard InChI is InChI=1S/C16H19N3O5S/c1-10-7-12(9-17-15(10)20)18-16(21)11-5-6-13(24-4)14(8-11)25(22,23)19(2)3/h5-9H,1-4H3,(H,17,20)(H,18,21). The van der Waals surface area contributed by atoms with Crippen molar-refractivity contribution in [2.45, 2.75) is 11.8 Å². The number of H-pyrrole nitrogens is 1. The van der Waals surface area contributed by atoms with E-state index in [-0.39, 0.29) is 21.8 Å². The summed E-state index contributed by atoms with van der Waals surface area (Å²) >= 11 is 0. The zero-order chi connectivity index (χ0) is 18.8. The SMILES string of the molecule is COc1ccc(C(=O)Nc2c[nH]c(=O)c(C)c2)cc1S(=O)(=O)N(C)C. The normalized spacial score (nSPS) is 11.4. The van der Waals surface area contributed by atoms with Gasteiger partial charge < -0.3 is 15.0 Å². The molecule has 8 nitrogen and oxygen atoms in total. The molecule has 0 atom stereocenters. The third-order valence-electron chi connectivity index (χ3n) is 3.53. The van der Waals surface area contributed by atoms with Gasteiger partial charge in [0.25, 0.3) is 11.5 Å². The lowest BCUT2D eigenvalue weighted by Gasteiger charge is -2.15. The molecule has 0 aliphatic carbocycles. The molecule has 25 heavy (non-hydrogen) atoms. The molecule has 134 valence electrons. The zero-order valence-corrected chi connectivity index (χ0v) is 15.1. The number of sulfonamides is 1. The van der Waals surface area contributed by atoms with E-state index in [0.29, 0.717) is 11.3 Å². The number of carbonyl (C=O) groups is 1. The van der Waals surface area contributed by atoms with E-state index < -0.39 is 15.9 Å². The monoisotopic (exact) mass is 365 g/mol. The van der Waals surface area contributed by atoms with Crippen LogP contribution in [-0.2, 0) is 10.0 Å². The van der Waals surface area contributed by atoms with Gasteiger partial charge in [-0.1, -0.05) is 0 Å². The molecule has 1 aromatic carbocycles. The van der Waals surface area contributed by atoms with Gasteiger partial charge in [-0.2, -0.15) is 0 Å². The van der Waals surface area contributed by atoms with Crippen LogP contribution in [0.1, 0.15) is 15.9 Å². The maximum atomic E-state index is 12.4. The fourth-order valence-electron chi connectivity index (χ4n) is 2.09. The van der Waals surface area contributed by atoms with Crippen molar-refractivity contribution in [1.29, 1.82) is 0 Å². The van der Waals surface area contributed by atoms with Gasteiger partial charge in [-0.3, -0.25) is 9.59 Å². The molecule has 0 radical (unpaired) electrons. The minimum Gasteiger partial charge on any atom is -0.495 e. The van der Waals surface area contributed by atoms with Crippen LogP contribution < -0.4 is 15.6 Å². The van der Waals surface area contributed by atoms with Crippen molar-refractivity contribution in [1.82, 2.24) is 9.29 Å². The number of benzene rings is 1. The third kappa shape index (κ3) is 3.89. The molecule has 1 amide bonds. The van der Waals surface area contributed by atoms with Gasteiger partial charge in [-0.15, -0.1) is 0 Å². The first-order chi connectivity index (χ1) is 11.7. The summed E-state index contributed by atoms with van der Waals surface area (Å²) in [5.41, 5.74) is 0.741. The largest absolute Gasteiger partial charge is 0.495 e. The first-order valence-corrected chi connectivity index (χ1v) is 8.72. The molecule has 2 aromatic rings. The number of ether oxygens (including phenoxy) is 1. The lowest BCUT2D eigenvalue weighted by molar-refractivity contribution is 0.102. The highest BCUT2D eigenvalue weighted by Crippen LogP contribution is 2.27. The van der Waals surface area contributed by atoms with E-state index in [1.54, 1.807) is 6.92 Å². The highest BCUT2D eigenvalue weighted by atomic mass is 32.2. The van der Waals surface area contributed by atoms with Gasteiger partial charge in [0, 0.05) is 31.4 Å². The van der Waals surface area contributed by atoms with E-state index in [9.17, 15) is 18.0 Å². The van der Waals surface area contributed by atoms with E-state index in [4.69, 9.17) is 4.74 Å². The van der Waals surface area contributed by atoms with Crippen LogP contribution in [0.3, 0.4) is 0 Å². The first-order valence-electron chi connectivity index (χ1n) is 7.28. The molecule has 0 bridgehead atoms. The van der Waals surface area contributed by atoms with Crippen LogP contribution >= 0.6 is 0 Å². The summed E-state index contributed by atoms with van der Waals surface area (Å²) in [5, 5.41) is 2.61. The minimum absolute atomic E-state index is 0.106. The van der Waals surface area contributed by atoms with Crippen molar-refractivity contribution in [2.75, 3.05) is 26.5 Å². The number of nitrogens with zero attached hydrogens (tertiary/aromatic N) is 1. The fourth-order valence-corrected chi connectivity index (χ4v) is 3.16. The Hall–Kier alpha value is -2.65. The average Bonchev–Trinajstić information content (AvgIpc) is 2.57. The van der Waals surface area contributed by atoms with E-state index in [2.05, 4.69) is 10.3 Å². The van der Waals surface area contributed by atoms with Crippen LogP contribution in [-0.4, -0.2) is 44.8 Å². The molecule has 0 aliphatic rings. The molecular formula is C16H19N3O5S. The van der Waals surface area contributed by atoms with Crippen LogP contribution in [0.4, 0.5) is 5.69 Å². The third-order valence-corrected chi connectivity index (χ3v) is 5.37. The van der Waals surface area contributed by atoms with Crippen molar-refractivity contribution in [2.24, 2.45) is 0 Å². The lowest BCUT2D eigenvalue weighted by atomic mass is 10.2. The summed E-state index contributed by atoms with van der Waals surface area (Å²) in [6, 6.07) is 5.66. The van der Waals surface area contributed by atoms with E-state index in [0.717, 1.165) is 4.31 Å². The molecular weight excluding hydrogens is 346 g/mol. The topological polar surface area (TPSA) is 109 Å². The number of amides is 1. The van der Waals surface area contributed by atoms with Gasteiger partial charge >= 0.3 is 0 Å². The lowest BCUT2D eigenvalue weighted by Crippen LogP contribution is -2.23. The van der Waals surface area contributed by atoms with Crippen molar-refractivity contribution in [3.8, 4) is 5.75 Å². The summed E-state index contributed by atoms with van der Waals surface area (Å²) in [6.45, 7) is 1.61. The second-order valence-corrected chi connectivity index (χ2v) is 7.63. The van der Waals surface area contributed by atoms with Gasteiger partial charge in [-0.05, 0) is 31.2 Å². The van der Waals surface area contributed by atoms with Gasteiger partial charge in [0.1, 0.15) is 10.6 Å². The fraction of sp³-hybridized carbons (Fsp3) is 0.250. The predicted octanol–water partition coefficient (Wildman–Crippen LogP) is 1.19. The molecule has 0 aliphatic heterocycles. The highest BCUT2D eigenvalue weighted by Gasteiger charge is 2.24. The van der Waals surface area contributed by atoms with Crippen LogP contribution in [0.25, 0.3) is 0 Å².